The number of carbonyl (C=O) groups excluding carboxylic acids is 1. The van der Waals surface area contributed by atoms with Crippen molar-refractivity contribution >= 4 is 24.2 Å². The van der Waals surface area contributed by atoms with Crippen molar-refractivity contribution in [3.63, 3.8) is 0 Å². The van der Waals surface area contributed by atoms with Crippen molar-refractivity contribution in [1.82, 2.24) is 0 Å². The standard InChI is InChI=1S/C14H9F4NOS/c15-10-6-5-8(14(16,17)18)7-11(10)19-13(20)9-3-1-2-4-12(9)21/h1-7,21H,(H,19,20). The molecule has 2 nitrogen and oxygen atoms in total. The van der Waals surface area contributed by atoms with Gasteiger partial charge in [-0.3, -0.25) is 4.79 Å². The summed E-state index contributed by atoms with van der Waals surface area (Å²) in [6, 6.07) is 8.00. The van der Waals surface area contributed by atoms with Gasteiger partial charge in [0.2, 0.25) is 0 Å². The SMILES string of the molecule is O=C(Nc1cc(C(F)(F)F)ccc1F)c1ccccc1S. The van der Waals surface area contributed by atoms with Gasteiger partial charge >= 0.3 is 6.18 Å². The first-order valence-electron chi connectivity index (χ1n) is 5.75. The van der Waals surface area contributed by atoms with Gasteiger partial charge in [-0.1, -0.05) is 12.1 Å². The predicted molar refractivity (Wildman–Crippen MR) is 73.0 cm³/mol. The summed E-state index contributed by atoms with van der Waals surface area (Å²) >= 11 is 4.06. The second-order valence-electron chi connectivity index (χ2n) is 4.16. The molecule has 0 aliphatic carbocycles. The van der Waals surface area contributed by atoms with Crippen LogP contribution >= 0.6 is 12.6 Å². The molecule has 0 aliphatic heterocycles. The Labute approximate surface area is 123 Å². The highest BCUT2D eigenvalue weighted by molar-refractivity contribution is 7.80. The van der Waals surface area contributed by atoms with E-state index in [0.29, 0.717) is 23.1 Å². The van der Waals surface area contributed by atoms with Crippen LogP contribution in [0, 0.1) is 5.82 Å². The first-order chi connectivity index (χ1) is 9.79. The summed E-state index contributed by atoms with van der Waals surface area (Å²) in [7, 11) is 0. The van der Waals surface area contributed by atoms with Gasteiger partial charge < -0.3 is 5.32 Å². The van der Waals surface area contributed by atoms with E-state index in [1.54, 1.807) is 18.2 Å². The molecule has 0 spiro atoms. The first kappa shape index (κ1) is 15.4. The summed E-state index contributed by atoms with van der Waals surface area (Å²) in [5.74, 6) is -1.69. The van der Waals surface area contributed by atoms with E-state index in [2.05, 4.69) is 17.9 Å². The van der Waals surface area contributed by atoms with E-state index < -0.39 is 29.2 Å². The summed E-state index contributed by atoms with van der Waals surface area (Å²) < 4.78 is 51.3. The first-order valence-corrected chi connectivity index (χ1v) is 6.20. The van der Waals surface area contributed by atoms with Crippen LogP contribution in [-0.4, -0.2) is 5.91 Å². The van der Waals surface area contributed by atoms with Crippen LogP contribution in [-0.2, 0) is 6.18 Å². The fourth-order valence-corrected chi connectivity index (χ4v) is 1.91. The maximum Gasteiger partial charge on any atom is 0.416 e. The number of halogens is 4. The molecule has 0 radical (unpaired) electrons. The smallest absolute Gasteiger partial charge is 0.319 e. The summed E-state index contributed by atoms with van der Waals surface area (Å²) in [4.78, 5) is 12.3. The number of anilines is 1. The molecule has 110 valence electrons. The van der Waals surface area contributed by atoms with E-state index in [-0.39, 0.29) is 5.56 Å². The van der Waals surface area contributed by atoms with E-state index in [1.165, 1.54) is 6.07 Å². The minimum atomic E-state index is -4.62. The molecule has 7 heteroatoms. The lowest BCUT2D eigenvalue weighted by atomic mass is 10.1. The zero-order chi connectivity index (χ0) is 15.6. The topological polar surface area (TPSA) is 29.1 Å². The molecule has 21 heavy (non-hydrogen) atoms. The quantitative estimate of drug-likeness (QED) is 0.625. The van der Waals surface area contributed by atoms with Crippen molar-refractivity contribution in [2.75, 3.05) is 5.32 Å². The number of benzene rings is 2. The van der Waals surface area contributed by atoms with Crippen LogP contribution in [0.15, 0.2) is 47.4 Å². The molecule has 2 aromatic carbocycles. The number of rotatable bonds is 2. The summed E-state index contributed by atoms with van der Waals surface area (Å²) in [5, 5.41) is 2.12. The number of hydrogen-bond donors (Lipinski definition) is 2. The predicted octanol–water partition coefficient (Wildman–Crippen LogP) is 4.39. The van der Waals surface area contributed by atoms with Gasteiger partial charge in [0, 0.05) is 4.90 Å². The molecule has 2 rings (SSSR count). The molecule has 0 fully saturated rings. The molecule has 1 amide bonds. The normalized spacial score (nSPS) is 11.3. The number of hydrogen-bond acceptors (Lipinski definition) is 2. The van der Waals surface area contributed by atoms with Gasteiger partial charge in [0.05, 0.1) is 16.8 Å². The molecule has 0 saturated heterocycles. The Morgan fingerprint density at radius 3 is 2.38 bits per heavy atom. The molecule has 0 heterocycles. The molecule has 0 bridgehead atoms. The third-order valence-corrected chi connectivity index (χ3v) is 3.08. The Balaban J connectivity index is 2.31. The molecule has 0 atom stereocenters. The lowest BCUT2D eigenvalue weighted by molar-refractivity contribution is -0.137. The molecular formula is C14H9F4NOS. The molecule has 0 unspecified atom stereocenters. The van der Waals surface area contributed by atoms with E-state index in [0.717, 1.165) is 0 Å². The van der Waals surface area contributed by atoms with Crippen molar-refractivity contribution in [2.24, 2.45) is 0 Å². The minimum Gasteiger partial charge on any atom is -0.319 e. The number of amides is 1. The third-order valence-electron chi connectivity index (χ3n) is 2.69. The zero-order valence-corrected chi connectivity index (χ0v) is 11.3. The number of alkyl halides is 3. The van der Waals surface area contributed by atoms with Gasteiger partial charge in [0.15, 0.2) is 0 Å². The second kappa shape index (κ2) is 5.77. The highest BCUT2D eigenvalue weighted by Crippen LogP contribution is 2.32. The summed E-state index contributed by atoms with van der Waals surface area (Å²) in [6.45, 7) is 0. The van der Waals surface area contributed by atoms with Gasteiger partial charge in [-0.25, -0.2) is 4.39 Å². The average Bonchev–Trinajstić information content (AvgIpc) is 2.40. The van der Waals surface area contributed by atoms with Crippen LogP contribution in [0.1, 0.15) is 15.9 Å². The average molecular weight is 315 g/mol. The third kappa shape index (κ3) is 3.55. The van der Waals surface area contributed by atoms with Gasteiger partial charge in [-0.15, -0.1) is 12.6 Å². The second-order valence-corrected chi connectivity index (χ2v) is 4.65. The van der Waals surface area contributed by atoms with Crippen LogP contribution in [0.2, 0.25) is 0 Å². The van der Waals surface area contributed by atoms with Crippen LogP contribution in [0.5, 0.6) is 0 Å². The molecule has 1 N–H and O–H groups in total. The Morgan fingerprint density at radius 1 is 1.10 bits per heavy atom. The van der Waals surface area contributed by atoms with E-state index in [9.17, 15) is 22.4 Å². The van der Waals surface area contributed by atoms with Gasteiger partial charge in [0.1, 0.15) is 5.82 Å². The fourth-order valence-electron chi connectivity index (χ4n) is 1.65. The minimum absolute atomic E-state index is 0.137. The maximum absolute atomic E-state index is 13.5. The van der Waals surface area contributed by atoms with E-state index >= 15 is 0 Å². The number of thiol groups is 1. The van der Waals surface area contributed by atoms with Crippen molar-refractivity contribution in [3.05, 3.63) is 59.4 Å². The largest absolute Gasteiger partial charge is 0.416 e. The van der Waals surface area contributed by atoms with Crippen LogP contribution in [0.3, 0.4) is 0 Å². The highest BCUT2D eigenvalue weighted by Gasteiger charge is 2.31. The van der Waals surface area contributed by atoms with Gasteiger partial charge in [0.25, 0.3) is 5.91 Å². The monoisotopic (exact) mass is 315 g/mol. The van der Waals surface area contributed by atoms with Crippen molar-refractivity contribution < 1.29 is 22.4 Å². The lowest BCUT2D eigenvalue weighted by Gasteiger charge is -2.11. The van der Waals surface area contributed by atoms with Gasteiger partial charge in [-0.2, -0.15) is 13.2 Å². The number of carbonyl (C=O) groups is 1. The van der Waals surface area contributed by atoms with Crippen LogP contribution in [0.25, 0.3) is 0 Å². The van der Waals surface area contributed by atoms with Crippen molar-refractivity contribution in [2.45, 2.75) is 11.1 Å². The van der Waals surface area contributed by atoms with Crippen molar-refractivity contribution in [3.8, 4) is 0 Å². The van der Waals surface area contributed by atoms with E-state index in [4.69, 9.17) is 0 Å². The Bertz CT molecular complexity index is 685. The molecule has 2 aromatic rings. The van der Waals surface area contributed by atoms with Crippen LogP contribution in [0.4, 0.5) is 23.2 Å². The Kier molecular flexibility index (Phi) is 4.22. The fraction of sp³-hybridized carbons (Fsp3) is 0.0714. The summed E-state index contributed by atoms with van der Waals surface area (Å²) in [6.07, 6.45) is -4.62. The molecular weight excluding hydrogens is 306 g/mol. The molecule has 0 aromatic heterocycles. The Morgan fingerprint density at radius 2 is 1.76 bits per heavy atom. The number of nitrogens with one attached hydrogen (secondary N) is 1. The van der Waals surface area contributed by atoms with Crippen LogP contribution < -0.4 is 5.32 Å². The maximum atomic E-state index is 13.5. The summed E-state index contributed by atoms with van der Waals surface area (Å²) in [5.41, 5.74) is -1.44. The van der Waals surface area contributed by atoms with Crippen molar-refractivity contribution in [1.29, 1.82) is 0 Å². The van der Waals surface area contributed by atoms with E-state index in [1.807, 2.05) is 0 Å². The zero-order valence-electron chi connectivity index (χ0n) is 10.4. The Hall–Kier alpha value is -2.02. The molecule has 0 saturated carbocycles. The lowest BCUT2D eigenvalue weighted by Crippen LogP contribution is -2.15. The molecule has 0 aliphatic rings. The highest BCUT2D eigenvalue weighted by atomic mass is 32.1. The van der Waals surface area contributed by atoms with Gasteiger partial charge in [-0.05, 0) is 30.3 Å².